The molecule has 3 rings (SSSR count). The SMILES string of the molecule is CC1=NC(C)(C)Cc2cc3c(cc21)OCCO3. The second-order valence-corrected chi connectivity index (χ2v) is 5.34. The van der Waals surface area contributed by atoms with E-state index < -0.39 is 0 Å². The van der Waals surface area contributed by atoms with Crippen LogP contribution >= 0.6 is 0 Å². The van der Waals surface area contributed by atoms with Gasteiger partial charge in [-0.15, -0.1) is 0 Å². The quantitative estimate of drug-likeness (QED) is 0.687. The average Bonchev–Trinajstić information content (AvgIpc) is 2.25. The number of benzene rings is 1. The maximum absolute atomic E-state index is 5.63. The lowest BCUT2D eigenvalue weighted by Crippen LogP contribution is -2.28. The van der Waals surface area contributed by atoms with Gasteiger partial charge in [0, 0.05) is 11.3 Å². The molecule has 0 amide bonds. The van der Waals surface area contributed by atoms with Gasteiger partial charge < -0.3 is 9.47 Å². The van der Waals surface area contributed by atoms with Gasteiger partial charge in [-0.05, 0) is 44.9 Å². The Kier molecular flexibility index (Phi) is 2.18. The van der Waals surface area contributed by atoms with Crippen LogP contribution < -0.4 is 9.47 Å². The Hall–Kier alpha value is -1.51. The Morgan fingerprint density at radius 3 is 2.47 bits per heavy atom. The molecule has 2 heterocycles. The van der Waals surface area contributed by atoms with Crippen LogP contribution in [0.3, 0.4) is 0 Å². The van der Waals surface area contributed by atoms with Crippen molar-refractivity contribution in [1.82, 2.24) is 0 Å². The number of hydrogen-bond acceptors (Lipinski definition) is 3. The van der Waals surface area contributed by atoms with E-state index in [4.69, 9.17) is 14.5 Å². The van der Waals surface area contributed by atoms with Crippen molar-refractivity contribution in [3.05, 3.63) is 23.3 Å². The maximum atomic E-state index is 5.63. The topological polar surface area (TPSA) is 30.8 Å². The fourth-order valence-electron chi connectivity index (χ4n) is 2.63. The summed E-state index contributed by atoms with van der Waals surface area (Å²) >= 11 is 0. The zero-order valence-corrected chi connectivity index (χ0v) is 10.5. The minimum absolute atomic E-state index is 0.0131. The molecular weight excluding hydrogens is 214 g/mol. The first kappa shape index (κ1) is 10.6. The maximum Gasteiger partial charge on any atom is 0.162 e. The molecule has 0 spiro atoms. The normalized spacial score (nSPS) is 20.5. The summed E-state index contributed by atoms with van der Waals surface area (Å²) in [6.07, 6.45) is 0.955. The molecule has 0 saturated carbocycles. The zero-order valence-electron chi connectivity index (χ0n) is 10.5. The predicted octanol–water partition coefficient (Wildman–Crippen LogP) is 2.60. The zero-order chi connectivity index (χ0) is 12.0. The van der Waals surface area contributed by atoms with Crippen molar-refractivity contribution in [1.29, 1.82) is 0 Å². The van der Waals surface area contributed by atoms with Crippen molar-refractivity contribution in [3.8, 4) is 11.5 Å². The number of hydrogen-bond donors (Lipinski definition) is 0. The highest BCUT2D eigenvalue weighted by Crippen LogP contribution is 2.37. The molecule has 3 heteroatoms. The van der Waals surface area contributed by atoms with Gasteiger partial charge in [-0.2, -0.15) is 0 Å². The van der Waals surface area contributed by atoms with E-state index >= 15 is 0 Å². The van der Waals surface area contributed by atoms with Crippen molar-refractivity contribution in [2.24, 2.45) is 4.99 Å². The number of ether oxygens (including phenoxy) is 2. The molecule has 0 N–H and O–H groups in total. The van der Waals surface area contributed by atoms with E-state index in [0.717, 1.165) is 23.6 Å². The van der Waals surface area contributed by atoms with Gasteiger partial charge in [-0.3, -0.25) is 4.99 Å². The third-order valence-corrected chi connectivity index (χ3v) is 3.25. The Bertz CT molecular complexity index is 503. The van der Waals surface area contributed by atoms with Crippen LogP contribution in [0.15, 0.2) is 17.1 Å². The summed E-state index contributed by atoms with van der Waals surface area (Å²) < 4.78 is 11.2. The van der Waals surface area contributed by atoms with Crippen LogP contribution in [0, 0.1) is 0 Å². The average molecular weight is 231 g/mol. The molecule has 2 aliphatic rings. The fourth-order valence-corrected chi connectivity index (χ4v) is 2.63. The van der Waals surface area contributed by atoms with Gasteiger partial charge in [0.05, 0.1) is 5.54 Å². The Morgan fingerprint density at radius 1 is 1.12 bits per heavy atom. The standard InChI is InChI=1S/C14H17NO2/c1-9-11-7-13-12(16-4-5-17-13)6-10(11)8-14(2,3)15-9/h6-7H,4-5,8H2,1-3H3. The van der Waals surface area contributed by atoms with Gasteiger partial charge >= 0.3 is 0 Å². The molecule has 1 aromatic rings. The first-order valence-electron chi connectivity index (χ1n) is 6.04. The third kappa shape index (κ3) is 1.79. The fraction of sp³-hybridized carbons (Fsp3) is 0.500. The Labute approximate surface area is 101 Å². The lowest BCUT2D eigenvalue weighted by molar-refractivity contribution is 0.171. The molecule has 0 radical (unpaired) electrons. The van der Waals surface area contributed by atoms with Crippen LogP contribution in [-0.2, 0) is 6.42 Å². The number of fused-ring (bicyclic) bond motifs is 2. The van der Waals surface area contributed by atoms with Crippen LogP contribution in [0.5, 0.6) is 11.5 Å². The molecule has 2 aliphatic heterocycles. The monoisotopic (exact) mass is 231 g/mol. The summed E-state index contributed by atoms with van der Waals surface area (Å²) in [6, 6.07) is 4.18. The molecule has 0 aliphatic carbocycles. The van der Waals surface area contributed by atoms with Crippen LogP contribution in [0.25, 0.3) is 0 Å². The molecule has 0 atom stereocenters. The molecule has 3 nitrogen and oxygen atoms in total. The third-order valence-electron chi connectivity index (χ3n) is 3.25. The van der Waals surface area contributed by atoms with Crippen LogP contribution in [0.2, 0.25) is 0 Å². The molecule has 0 aromatic heterocycles. The van der Waals surface area contributed by atoms with Crippen molar-refractivity contribution in [2.45, 2.75) is 32.7 Å². The largest absolute Gasteiger partial charge is 0.486 e. The molecular formula is C14H17NO2. The molecule has 90 valence electrons. The summed E-state index contributed by atoms with van der Waals surface area (Å²) in [5.41, 5.74) is 3.59. The van der Waals surface area contributed by atoms with Crippen molar-refractivity contribution >= 4 is 5.71 Å². The molecule has 0 unspecified atom stereocenters. The first-order valence-corrected chi connectivity index (χ1v) is 6.04. The predicted molar refractivity (Wildman–Crippen MR) is 67.4 cm³/mol. The summed E-state index contributed by atoms with van der Waals surface area (Å²) in [5.74, 6) is 1.73. The van der Waals surface area contributed by atoms with E-state index in [2.05, 4.69) is 32.9 Å². The van der Waals surface area contributed by atoms with Crippen molar-refractivity contribution in [3.63, 3.8) is 0 Å². The van der Waals surface area contributed by atoms with Crippen molar-refractivity contribution in [2.75, 3.05) is 13.2 Å². The van der Waals surface area contributed by atoms with E-state index in [0.29, 0.717) is 13.2 Å². The van der Waals surface area contributed by atoms with Gasteiger partial charge in [-0.1, -0.05) is 0 Å². The van der Waals surface area contributed by atoms with E-state index in [9.17, 15) is 0 Å². The Morgan fingerprint density at radius 2 is 1.76 bits per heavy atom. The highest BCUT2D eigenvalue weighted by atomic mass is 16.6. The van der Waals surface area contributed by atoms with Crippen LogP contribution in [0.1, 0.15) is 31.9 Å². The summed E-state index contributed by atoms with van der Waals surface area (Å²) in [7, 11) is 0. The van der Waals surface area contributed by atoms with Gasteiger partial charge in [0.1, 0.15) is 13.2 Å². The second-order valence-electron chi connectivity index (χ2n) is 5.34. The highest BCUT2D eigenvalue weighted by molar-refractivity contribution is 6.01. The van der Waals surface area contributed by atoms with E-state index in [1.54, 1.807) is 0 Å². The van der Waals surface area contributed by atoms with Crippen LogP contribution in [0.4, 0.5) is 0 Å². The number of rotatable bonds is 0. The lowest BCUT2D eigenvalue weighted by Gasteiger charge is -2.29. The smallest absolute Gasteiger partial charge is 0.162 e. The van der Waals surface area contributed by atoms with Crippen molar-refractivity contribution < 1.29 is 9.47 Å². The molecule has 0 bridgehead atoms. The minimum Gasteiger partial charge on any atom is -0.486 e. The summed E-state index contributed by atoms with van der Waals surface area (Å²) in [4.78, 5) is 4.73. The molecule has 0 saturated heterocycles. The highest BCUT2D eigenvalue weighted by Gasteiger charge is 2.27. The van der Waals surface area contributed by atoms with Gasteiger partial charge in [-0.25, -0.2) is 0 Å². The summed E-state index contributed by atoms with van der Waals surface area (Å²) in [5, 5.41) is 0. The van der Waals surface area contributed by atoms with Gasteiger partial charge in [0.15, 0.2) is 11.5 Å². The van der Waals surface area contributed by atoms with E-state index in [1.165, 1.54) is 11.1 Å². The lowest BCUT2D eigenvalue weighted by atomic mass is 9.87. The molecule has 0 fully saturated rings. The second kappa shape index (κ2) is 3.49. The van der Waals surface area contributed by atoms with Gasteiger partial charge in [0.25, 0.3) is 0 Å². The number of nitrogens with zero attached hydrogens (tertiary/aromatic N) is 1. The minimum atomic E-state index is -0.0131. The van der Waals surface area contributed by atoms with Crippen LogP contribution in [-0.4, -0.2) is 24.5 Å². The van der Waals surface area contributed by atoms with Gasteiger partial charge in [0.2, 0.25) is 0 Å². The Balaban J connectivity index is 2.13. The first-order chi connectivity index (χ1) is 8.05. The molecule has 17 heavy (non-hydrogen) atoms. The summed E-state index contributed by atoms with van der Waals surface area (Å²) in [6.45, 7) is 7.66. The molecule has 1 aromatic carbocycles. The number of aliphatic imine (C=N–C) groups is 1. The van der Waals surface area contributed by atoms with E-state index in [-0.39, 0.29) is 5.54 Å². The van der Waals surface area contributed by atoms with E-state index in [1.807, 2.05) is 0 Å².